The van der Waals surface area contributed by atoms with Gasteiger partial charge in [0.05, 0.1) is 22.3 Å². The molecule has 2 aromatic heterocycles. The number of rotatable bonds is 3. The van der Waals surface area contributed by atoms with Gasteiger partial charge < -0.3 is 5.32 Å². The Labute approximate surface area is 102 Å². The van der Waals surface area contributed by atoms with Crippen molar-refractivity contribution >= 4 is 29.3 Å². The second kappa shape index (κ2) is 4.71. The molecule has 0 saturated carbocycles. The molecule has 16 heavy (non-hydrogen) atoms. The van der Waals surface area contributed by atoms with E-state index >= 15 is 0 Å². The van der Waals surface area contributed by atoms with Gasteiger partial charge in [-0.2, -0.15) is 5.10 Å². The number of nitrogens with one attached hydrogen (secondary N) is 1. The van der Waals surface area contributed by atoms with Crippen LogP contribution in [0.15, 0.2) is 28.5 Å². The van der Waals surface area contributed by atoms with E-state index in [1.165, 1.54) is 11.8 Å². The molecule has 2 heterocycles. The van der Waals surface area contributed by atoms with E-state index in [1.54, 1.807) is 24.1 Å². The number of halogens is 1. The summed E-state index contributed by atoms with van der Waals surface area (Å²) >= 11 is 7.47. The van der Waals surface area contributed by atoms with Gasteiger partial charge in [0.2, 0.25) is 5.95 Å². The summed E-state index contributed by atoms with van der Waals surface area (Å²) in [6.45, 7) is 0. The molecular formula is C9H10ClN5S. The Bertz CT molecular complexity index is 498. The molecule has 0 saturated heterocycles. The maximum atomic E-state index is 6.01. The molecule has 0 aliphatic heterocycles. The van der Waals surface area contributed by atoms with E-state index in [0.29, 0.717) is 16.0 Å². The molecule has 0 atom stereocenters. The molecule has 0 aliphatic rings. The summed E-state index contributed by atoms with van der Waals surface area (Å²) in [6.07, 6.45) is 5.25. The van der Waals surface area contributed by atoms with Gasteiger partial charge in [-0.3, -0.25) is 4.68 Å². The lowest BCUT2D eigenvalue weighted by atomic mass is 10.6. The summed E-state index contributed by atoms with van der Waals surface area (Å²) < 4.78 is 1.73. The van der Waals surface area contributed by atoms with Crippen LogP contribution >= 0.6 is 23.4 Å². The number of hydrogen-bond acceptors (Lipinski definition) is 5. The highest BCUT2D eigenvalue weighted by Crippen LogP contribution is 2.31. The van der Waals surface area contributed by atoms with Gasteiger partial charge in [-0.25, -0.2) is 9.97 Å². The predicted octanol–water partition coefficient (Wildman–Crippen LogP) is 2.06. The Morgan fingerprint density at radius 3 is 2.88 bits per heavy atom. The van der Waals surface area contributed by atoms with Crippen LogP contribution in [0.4, 0.5) is 5.95 Å². The summed E-state index contributed by atoms with van der Waals surface area (Å²) in [4.78, 5) is 9.27. The summed E-state index contributed by atoms with van der Waals surface area (Å²) in [5.41, 5.74) is 0. The van der Waals surface area contributed by atoms with Crippen molar-refractivity contribution in [3.8, 4) is 0 Å². The minimum absolute atomic E-state index is 0.535. The average Bonchev–Trinajstić information content (AvgIpc) is 2.67. The van der Waals surface area contributed by atoms with Crippen LogP contribution in [0, 0.1) is 0 Å². The van der Waals surface area contributed by atoms with Gasteiger partial charge in [0, 0.05) is 20.3 Å². The van der Waals surface area contributed by atoms with Crippen molar-refractivity contribution < 1.29 is 0 Å². The van der Waals surface area contributed by atoms with Crippen molar-refractivity contribution in [2.75, 3.05) is 12.4 Å². The molecule has 0 bridgehead atoms. The quantitative estimate of drug-likeness (QED) is 0.851. The lowest BCUT2D eigenvalue weighted by Crippen LogP contribution is -1.96. The number of anilines is 1. The zero-order chi connectivity index (χ0) is 11.5. The first kappa shape index (κ1) is 11.2. The molecule has 0 radical (unpaired) electrons. The van der Waals surface area contributed by atoms with Crippen LogP contribution in [-0.2, 0) is 7.05 Å². The van der Waals surface area contributed by atoms with Crippen LogP contribution in [0.25, 0.3) is 0 Å². The zero-order valence-corrected chi connectivity index (χ0v) is 10.4. The number of hydrogen-bond donors (Lipinski definition) is 1. The van der Waals surface area contributed by atoms with Gasteiger partial charge in [-0.15, -0.1) is 0 Å². The third-order valence-electron chi connectivity index (χ3n) is 1.83. The van der Waals surface area contributed by atoms with Gasteiger partial charge in [-0.1, -0.05) is 23.4 Å². The first-order chi connectivity index (χ1) is 7.69. The van der Waals surface area contributed by atoms with Crippen molar-refractivity contribution in [2.24, 2.45) is 7.05 Å². The van der Waals surface area contributed by atoms with Gasteiger partial charge in [0.1, 0.15) is 5.03 Å². The molecule has 0 unspecified atom stereocenters. The highest BCUT2D eigenvalue weighted by molar-refractivity contribution is 7.99. The molecule has 2 rings (SSSR count). The number of nitrogens with zero attached hydrogens (tertiary/aromatic N) is 4. The fourth-order valence-corrected chi connectivity index (χ4v) is 2.12. The number of aromatic nitrogens is 4. The third kappa shape index (κ3) is 2.45. The fourth-order valence-electron chi connectivity index (χ4n) is 1.11. The normalized spacial score (nSPS) is 10.4. The number of aryl methyl sites for hydroxylation is 1. The molecule has 0 amide bonds. The zero-order valence-electron chi connectivity index (χ0n) is 8.81. The minimum atomic E-state index is 0.535. The van der Waals surface area contributed by atoms with E-state index in [4.69, 9.17) is 11.6 Å². The van der Waals surface area contributed by atoms with Gasteiger partial charge in [0.25, 0.3) is 0 Å². The minimum Gasteiger partial charge on any atom is -0.357 e. The van der Waals surface area contributed by atoms with Crippen molar-refractivity contribution in [2.45, 2.75) is 9.92 Å². The molecule has 0 fully saturated rings. The van der Waals surface area contributed by atoms with Crippen molar-refractivity contribution in [3.05, 3.63) is 23.6 Å². The van der Waals surface area contributed by atoms with Crippen LogP contribution in [0.2, 0.25) is 5.02 Å². The van der Waals surface area contributed by atoms with Crippen LogP contribution in [0.1, 0.15) is 0 Å². The first-order valence-corrected chi connectivity index (χ1v) is 5.75. The summed E-state index contributed by atoms with van der Waals surface area (Å²) in [5.74, 6) is 0.552. The van der Waals surface area contributed by atoms with E-state index in [2.05, 4.69) is 20.4 Å². The lowest BCUT2D eigenvalue weighted by molar-refractivity contribution is 0.766. The summed E-state index contributed by atoms with van der Waals surface area (Å²) in [6, 6.07) is 0. The van der Waals surface area contributed by atoms with Crippen LogP contribution < -0.4 is 5.32 Å². The van der Waals surface area contributed by atoms with E-state index in [1.807, 2.05) is 13.2 Å². The maximum absolute atomic E-state index is 6.01. The molecule has 2 aromatic rings. The highest BCUT2D eigenvalue weighted by atomic mass is 35.5. The van der Waals surface area contributed by atoms with Crippen LogP contribution in [0.5, 0.6) is 0 Å². The Morgan fingerprint density at radius 1 is 1.44 bits per heavy atom. The van der Waals surface area contributed by atoms with Crippen molar-refractivity contribution in [1.29, 1.82) is 0 Å². The summed E-state index contributed by atoms with van der Waals surface area (Å²) in [5, 5.41) is 8.20. The van der Waals surface area contributed by atoms with Gasteiger partial charge in [-0.05, 0) is 0 Å². The second-order valence-electron chi connectivity index (χ2n) is 3.05. The van der Waals surface area contributed by atoms with E-state index in [9.17, 15) is 0 Å². The molecule has 0 aliphatic carbocycles. The van der Waals surface area contributed by atoms with E-state index < -0.39 is 0 Å². The van der Waals surface area contributed by atoms with Crippen molar-refractivity contribution in [1.82, 2.24) is 19.7 Å². The van der Waals surface area contributed by atoms with Crippen LogP contribution in [-0.4, -0.2) is 26.8 Å². The molecular weight excluding hydrogens is 246 g/mol. The average molecular weight is 256 g/mol. The fraction of sp³-hybridized carbons (Fsp3) is 0.222. The molecule has 5 nitrogen and oxygen atoms in total. The molecule has 84 valence electrons. The molecule has 0 aromatic carbocycles. The summed E-state index contributed by atoms with van der Waals surface area (Å²) in [7, 11) is 3.63. The standard InChI is InChI=1S/C9H10ClN5S/c1-11-9-12-4-7(10)8(14-9)16-6-3-13-15(2)5-6/h3-5H,1-2H3,(H,11,12,14). The highest BCUT2D eigenvalue weighted by Gasteiger charge is 2.07. The van der Waals surface area contributed by atoms with E-state index in [0.717, 1.165) is 4.90 Å². The predicted molar refractivity (Wildman–Crippen MR) is 63.9 cm³/mol. The largest absolute Gasteiger partial charge is 0.357 e. The smallest absolute Gasteiger partial charge is 0.223 e. The first-order valence-electron chi connectivity index (χ1n) is 4.56. The monoisotopic (exact) mass is 255 g/mol. The molecule has 7 heteroatoms. The molecule has 1 N–H and O–H groups in total. The third-order valence-corrected chi connectivity index (χ3v) is 3.17. The second-order valence-corrected chi connectivity index (χ2v) is 4.52. The molecule has 0 spiro atoms. The lowest BCUT2D eigenvalue weighted by Gasteiger charge is -2.03. The van der Waals surface area contributed by atoms with Gasteiger partial charge >= 0.3 is 0 Å². The Kier molecular flexibility index (Phi) is 3.31. The van der Waals surface area contributed by atoms with Gasteiger partial charge in [0.15, 0.2) is 0 Å². The van der Waals surface area contributed by atoms with Crippen molar-refractivity contribution in [3.63, 3.8) is 0 Å². The van der Waals surface area contributed by atoms with E-state index in [-0.39, 0.29) is 0 Å². The Balaban J connectivity index is 2.26. The van der Waals surface area contributed by atoms with Crippen LogP contribution in [0.3, 0.4) is 0 Å². The SMILES string of the molecule is CNc1ncc(Cl)c(Sc2cnn(C)c2)n1. The topological polar surface area (TPSA) is 55.6 Å². The Hall–Kier alpha value is -1.27. The Morgan fingerprint density at radius 2 is 2.25 bits per heavy atom. The maximum Gasteiger partial charge on any atom is 0.223 e.